The number of anilines is 1. The number of nitrogens with one attached hydrogen (secondary N) is 1. The van der Waals surface area contributed by atoms with Crippen molar-refractivity contribution < 1.29 is 14.3 Å². The lowest BCUT2D eigenvalue weighted by molar-refractivity contribution is -0.117. The molecule has 2 heterocycles. The van der Waals surface area contributed by atoms with E-state index in [1.54, 1.807) is 31.2 Å². The third-order valence-electron chi connectivity index (χ3n) is 4.11. The van der Waals surface area contributed by atoms with E-state index in [0.29, 0.717) is 41.5 Å². The topological polar surface area (TPSA) is 93.5 Å². The standard InChI is InChI=1S/C18H19ClN4O4/c1-2-27-18(26)22-8-7-14-12(10-22)9-17(25)23(21-14)11-16(24)20-15-6-4-3-5-13(15)19/h3-6,9H,2,7-8,10-11H2,1H3,(H,20,24). The van der Waals surface area contributed by atoms with Gasteiger partial charge in [0.2, 0.25) is 5.91 Å². The number of carbonyl (C=O) groups is 2. The third kappa shape index (κ3) is 4.46. The van der Waals surface area contributed by atoms with Gasteiger partial charge in [0.1, 0.15) is 6.54 Å². The highest BCUT2D eigenvalue weighted by atomic mass is 35.5. The molecule has 1 aliphatic heterocycles. The molecule has 0 saturated carbocycles. The molecule has 1 aromatic heterocycles. The van der Waals surface area contributed by atoms with Crippen LogP contribution in [-0.4, -0.2) is 39.8 Å². The minimum atomic E-state index is -0.411. The van der Waals surface area contributed by atoms with Crippen molar-refractivity contribution in [2.45, 2.75) is 26.4 Å². The number of hydrogen-bond donors (Lipinski definition) is 1. The summed E-state index contributed by atoms with van der Waals surface area (Å²) in [6, 6.07) is 8.26. The van der Waals surface area contributed by atoms with Gasteiger partial charge in [0.05, 0.1) is 29.6 Å². The maximum Gasteiger partial charge on any atom is 0.410 e. The minimum Gasteiger partial charge on any atom is -0.450 e. The monoisotopic (exact) mass is 390 g/mol. The van der Waals surface area contributed by atoms with Crippen LogP contribution in [0.4, 0.5) is 10.5 Å². The first-order chi connectivity index (χ1) is 13.0. The smallest absolute Gasteiger partial charge is 0.410 e. The lowest BCUT2D eigenvalue weighted by atomic mass is 10.1. The number of ether oxygens (including phenoxy) is 1. The Balaban J connectivity index is 1.72. The second-order valence-corrected chi connectivity index (χ2v) is 6.42. The van der Waals surface area contributed by atoms with Crippen LogP contribution < -0.4 is 10.9 Å². The van der Waals surface area contributed by atoms with Gasteiger partial charge in [-0.05, 0) is 19.1 Å². The van der Waals surface area contributed by atoms with Gasteiger partial charge >= 0.3 is 6.09 Å². The molecule has 0 aliphatic carbocycles. The average molecular weight is 391 g/mol. The fraction of sp³-hybridized carbons (Fsp3) is 0.333. The molecule has 0 fully saturated rings. The van der Waals surface area contributed by atoms with Crippen molar-refractivity contribution in [1.29, 1.82) is 0 Å². The number of benzene rings is 1. The number of nitrogens with zero attached hydrogens (tertiary/aromatic N) is 3. The number of aromatic nitrogens is 2. The van der Waals surface area contributed by atoms with Gasteiger partial charge in [0.25, 0.3) is 5.56 Å². The van der Waals surface area contributed by atoms with E-state index in [4.69, 9.17) is 16.3 Å². The molecule has 1 aromatic carbocycles. The molecule has 1 N–H and O–H groups in total. The van der Waals surface area contributed by atoms with Crippen LogP contribution in [0.15, 0.2) is 35.1 Å². The van der Waals surface area contributed by atoms with Gasteiger partial charge in [-0.3, -0.25) is 9.59 Å². The molecular formula is C18H19ClN4O4. The largest absolute Gasteiger partial charge is 0.450 e. The van der Waals surface area contributed by atoms with Crippen LogP contribution in [0.3, 0.4) is 0 Å². The lowest BCUT2D eigenvalue weighted by Crippen LogP contribution is -2.39. The molecule has 8 nitrogen and oxygen atoms in total. The summed E-state index contributed by atoms with van der Waals surface area (Å²) in [5, 5.41) is 7.36. The van der Waals surface area contributed by atoms with E-state index in [0.717, 1.165) is 4.68 Å². The first-order valence-corrected chi connectivity index (χ1v) is 8.91. The fourth-order valence-corrected chi connectivity index (χ4v) is 2.99. The quantitative estimate of drug-likeness (QED) is 0.862. The molecule has 0 atom stereocenters. The molecule has 3 rings (SSSR count). The number of halogens is 1. The summed E-state index contributed by atoms with van der Waals surface area (Å²) in [5.41, 5.74) is 1.43. The number of amides is 2. The Bertz CT molecular complexity index is 928. The molecular weight excluding hydrogens is 372 g/mol. The molecule has 0 saturated heterocycles. The molecule has 0 spiro atoms. The summed E-state index contributed by atoms with van der Waals surface area (Å²) in [4.78, 5) is 37.9. The van der Waals surface area contributed by atoms with E-state index < -0.39 is 17.6 Å². The van der Waals surface area contributed by atoms with Gasteiger partial charge in [-0.15, -0.1) is 0 Å². The van der Waals surface area contributed by atoms with E-state index in [1.807, 2.05) is 0 Å². The molecule has 1 aliphatic rings. The second kappa shape index (κ2) is 8.22. The number of carbonyl (C=O) groups excluding carboxylic acids is 2. The Labute approximate surface area is 160 Å². The molecule has 0 radical (unpaired) electrons. The second-order valence-electron chi connectivity index (χ2n) is 6.01. The molecule has 9 heteroatoms. The van der Waals surface area contributed by atoms with E-state index in [2.05, 4.69) is 10.4 Å². The zero-order chi connectivity index (χ0) is 19.4. The van der Waals surface area contributed by atoms with Crippen LogP contribution in [0.2, 0.25) is 5.02 Å². The van der Waals surface area contributed by atoms with Gasteiger partial charge in [-0.2, -0.15) is 5.10 Å². The van der Waals surface area contributed by atoms with Crippen molar-refractivity contribution in [2.75, 3.05) is 18.5 Å². The Hall–Kier alpha value is -2.87. The Kier molecular flexibility index (Phi) is 5.75. The molecule has 0 bridgehead atoms. The highest BCUT2D eigenvalue weighted by molar-refractivity contribution is 6.33. The van der Waals surface area contributed by atoms with Crippen molar-refractivity contribution in [3.05, 3.63) is 57.0 Å². The molecule has 27 heavy (non-hydrogen) atoms. The zero-order valence-electron chi connectivity index (χ0n) is 14.8. The van der Waals surface area contributed by atoms with E-state index in [9.17, 15) is 14.4 Å². The predicted molar refractivity (Wildman–Crippen MR) is 99.7 cm³/mol. The number of hydrogen-bond acceptors (Lipinski definition) is 5. The number of fused-ring (bicyclic) bond motifs is 1. The van der Waals surface area contributed by atoms with Gasteiger partial charge in [0.15, 0.2) is 0 Å². The van der Waals surface area contributed by atoms with Gasteiger partial charge in [0, 0.05) is 24.6 Å². The first kappa shape index (κ1) is 18.9. The summed E-state index contributed by atoms with van der Waals surface area (Å²) in [6.07, 6.45) is 0.0760. The van der Waals surface area contributed by atoms with Crippen LogP contribution in [0, 0.1) is 0 Å². The van der Waals surface area contributed by atoms with Crippen molar-refractivity contribution in [1.82, 2.24) is 14.7 Å². The number of rotatable bonds is 4. The average Bonchev–Trinajstić information content (AvgIpc) is 2.64. The summed E-state index contributed by atoms with van der Waals surface area (Å²) >= 11 is 6.02. The third-order valence-corrected chi connectivity index (χ3v) is 4.44. The summed E-state index contributed by atoms with van der Waals surface area (Å²) in [6.45, 7) is 2.52. The van der Waals surface area contributed by atoms with Crippen LogP contribution in [-0.2, 0) is 29.0 Å². The lowest BCUT2D eigenvalue weighted by Gasteiger charge is -2.27. The molecule has 142 valence electrons. The van der Waals surface area contributed by atoms with Crippen LogP contribution in [0.1, 0.15) is 18.2 Å². The highest BCUT2D eigenvalue weighted by Crippen LogP contribution is 2.20. The first-order valence-electron chi connectivity index (χ1n) is 8.54. The minimum absolute atomic E-state index is 0.223. The number of para-hydroxylation sites is 1. The van der Waals surface area contributed by atoms with Gasteiger partial charge in [-0.25, -0.2) is 9.48 Å². The molecule has 2 aromatic rings. The van der Waals surface area contributed by atoms with Crippen LogP contribution >= 0.6 is 11.6 Å². The van der Waals surface area contributed by atoms with E-state index in [1.165, 1.54) is 11.0 Å². The van der Waals surface area contributed by atoms with E-state index in [-0.39, 0.29) is 13.1 Å². The maximum absolute atomic E-state index is 12.3. The zero-order valence-corrected chi connectivity index (χ0v) is 15.5. The van der Waals surface area contributed by atoms with Gasteiger partial charge in [-0.1, -0.05) is 23.7 Å². The summed E-state index contributed by atoms with van der Waals surface area (Å²) in [7, 11) is 0. The van der Waals surface area contributed by atoms with Crippen LogP contribution in [0.5, 0.6) is 0 Å². The van der Waals surface area contributed by atoms with Gasteiger partial charge < -0.3 is 15.0 Å². The van der Waals surface area contributed by atoms with Crippen molar-refractivity contribution in [3.63, 3.8) is 0 Å². The van der Waals surface area contributed by atoms with Crippen molar-refractivity contribution in [3.8, 4) is 0 Å². The molecule has 0 unspecified atom stereocenters. The molecule has 2 amide bonds. The van der Waals surface area contributed by atoms with E-state index >= 15 is 0 Å². The fourth-order valence-electron chi connectivity index (χ4n) is 2.81. The highest BCUT2D eigenvalue weighted by Gasteiger charge is 2.24. The Morgan fingerprint density at radius 2 is 2.11 bits per heavy atom. The van der Waals surface area contributed by atoms with Crippen LogP contribution in [0.25, 0.3) is 0 Å². The maximum atomic E-state index is 12.3. The Morgan fingerprint density at radius 1 is 1.33 bits per heavy atom. The van der Waals surface area contributed by atoms with Crippen molar-refractivity contribution >= 4 is 29.3 Å². The predicted octanol–water partition coefficient (Wildman–Crippen LogP) is 2.05. The van der Waals surface area contributed by atoms with Crippen molar-refractivity contribution in [2.24, 2.45) is 0 Å². The summed E-state index contributed by atoms with van der Waals surface area (Å²) in [5.74, 6) is -0.401. The summed E-state index contributed by atoms with van der Waals surface area (Å²) < 4.78 is 6.10. The Morgan fingerprint density at radius 3 is 2.85 bits per heavy atom. The SMILES string of the molecule is CCOC(=O)N1CCc2nn(CC(=O)Nc3ccccc3Cl)c(=O)cc2C1. The normalized spacial score (nSPS) is 13.0.